The van der Waals surface area contributed by atoms with Gasteiger partial charge in [-0.1, -0.05) is 12.1 Å². The third-order valence-corrected chi connectivity index (χ3v) is 5.63. The number of pyridine rings is 1. The Morgan fingerprint density at radius 2 is 2.26 bits per heavy atom. The number of hydrogen-bond acceptors (Lipinski definition) is 6. The van der Waals surface area contributed by atoms with Gasteiger partial charge in [0.15, 0.2) is 0 Å². The monoisotopic (exact) mass is 336 g/mol. The summed E-state index contributed by atoms with van der Waals surface area (Å²) in [6, 6.07) is 5.10. The maximum absolute atomic E-state index is 12.8. The van der Waals surface area contributed by atoms with Crippen LogP contribution in [0.1, 0.15) is 12.0 Å². The minimum Gasteiger partial charge on any atom is -0.310 e. The Morgan fingerprint density at radius 1 is 1.43 bits per heavy atom. The van der Waals surface area contributed by atoms with Crippen LogP contribution in [-0.4, -0.2) is 38.6 Å². The number of nitrogens with zero attached hydrogens (tertiary/aromatic N) is 1. The molecule has 7 nitrogen and oxygen atoms in total. The van der Waals surface area contributed by atoms with Gasteiger partial charge in [0.2, 0.25) is 10.0 Å². The summed E-state index contributed by atoms with van der Waals surface area (Å²) in [5.74, 6) is 5.07. The van der Waals surface area contributed by atoms with E-state index in [-0.39, 0.29) is 17.0 Å². The Kier molecular flexibility index (Phi) is 4.60. The summed E-state index contributed by atoms with van der Waals surface area (Å²) in [5.41, 5.74) is 0.836. The topological polar surface area (TPSA) is 106 Å². The van der Waals surface area contributed by atoms with Crippen LogP contribution in [0.2, 0.25) is 0 Å². The van der Waals surface area contributed by atoms with Gasteiger partial charge >= 0.3 is 0 Å². The first-order valence-electron chi connectivity index (χ1n) is 7.42. The van der Waals surface area contributed by atoms with Crippen LogP contribution >= 0.6 is 0 Å². The van der Waals surface area contributed by atoms with E-state index >= 15 is 0 Å². The van der Waals surface area contributed by atoms with E-state index in [4.69, 9.17) is 5.90 Å². The molecule has 2 aromatic rings. The van der Waals surface area contributed by atoms with Gasteiger partial charge in [0.1, 0.15) is 0 Å². The van der Waals surface area contributed by atoms with Crippen molar-refractivity contribution in [2.75, 3.05) is 13.2 Å². The molecule has 1 aromatic carbocycles. The lowest BCUT2D eigenvalue weighted by Crippen LogP contribution is -2.36. The van der Waals surface area contributed by atoms with Gasteiger partial charge in [-0.05, 0) is 25.0 Å². The third kappa shape index (κ3) is 3.36. The van der Waals surface area contributed by atoms with Gasteiger partial charge in [-0.15, -0.1) is 0 Å². The number of nitrogens with one attached hydrogen (secondary N) is 2. The van der Waals surface area contributed by atoms with Crippen LogP contribution in [0.25, 0.3) is 10.8 Å². The van der Waals surface area contributed by atoms with Gasteiger partial charge in [0, 0.05) is 41.8 Å². The average Bonchev–Trinajstić information content (AvgIpc) is 2.94. The smallest absolute Gasteiger partial charge is 0.241 e. The standard InChI is InChI=1S/C15H20N4O3S/c1-10-6-17-7-11-3-2-4-14(15(10)11)23(20,21)19-12-5-13(9-22-16)18-8-12/h2-4,6-7,12-13,18-19H,5,8-9,16H2,1H3/t12-,13+/m1/s1. The summed E-state index contributed by atoms with van der Waals surface area (Å²) in [6.45, 7) is 2.77. The number of fused-ring (bicyclic) bond motifs is 1. The van der Waals surface area contributed by atoms with E-state index in [9.17, 15) is 8.42 Å². The van der Waals surface area contributed by atoms with E-state index in [0.29, 0.717) is 25.0 Å². The Labute approximate surface area is 135 Å². The van der Waals surface area contributed by atoms with Crippen molar-refractivity contribution in [3.8, 4) is 0 Å². The molecule has 0 saturated carbocycles. The molecule has 1 aliphatic heterocycles. The first-order chi connectivity index (χ1) is 11.0. The van der Waals surface area contributed by atoms with Crippen molar-refractivity contribution in [3.05, 3.63) is 36.2 Å². The van der Waals surface area contributed by atoms with Crippen molar-refractivity contribution in [2.24, 2.45) is 5.90 Å². The fourth-order valence-corrected chi connectivity index (χ4v) is 4.58. The van der Waals surface area contributed by atoms with Gasteiger partial charge in [-0.3, -0.25) is 4.98 Å². The molecule has 124 valence electrons. The van der Waals surface area contributed by atoms with Crippen molar-refractivity contribution < 1.29 is 13.3 Å². The molecule has 1 saturated heterocycles. The van der Waals surface area contributed by atoms with E-state index in [1.54, 1.807) is 24.5 Å². The predicted molar refractivity (Wildman–Crippen MR) is 87.1 cm³/mol. The highest BCUT2D eigenvalue weighted by atomic mass is 32.2. The van der Waals surface area contributed by atoms with Crippen molar-refractivity contribution in [1.82, 2.24) is 15.0 Å². The van der Waals surface area contributed by atoms with Crippen LogP contribution in [-0.2, 0) is 14.9 Å². The fraction of sp³-hybridized carbons (Fsp3) is 0.400. The lowest BCUT2D eigenvalue weighted by atomic mass is 10.1. The molecule has 0 aliphatic carbocycles. The number of hydrogen-bond donors (Lipinski definition) is 3. The molecule has 3 rings (SSSR count). The first kappa shape index (κ1) is 16.3. The molecule has 2 heterocycles. The molecule has 0 radical (unpaired) electrons. The maximum Gasteiger partial charge on any atom is 0.241 e. The molecule has 1 fully saturated rings. The van der Waals surface area contributed by atoms with Gasteiger partial charge in [0.05, 0.1) is 11.5 Å². The molecule has 0 bridgehead atoms. The molecule has 1 aromatic heterocycles. The number of aromatic nitrogens is 1. The predicted octanol–water partition coefficient (Wildman–Crippen LogP) is 0.442. The molecular formula is C15H20N4O3S. The van der Waals surface area contributed by atoms with E-state index in [1.165, 1.54) is 0 Å². The zero-order valence-corrected chi connectivity index (χ0v) is 13.6. The summed E-state index contributed by atoms with van der Waals surface area (Å²) >= 11 is 0. The van der Waals surface area contributed by atoms with Crippen LogP contribution in [0.5, 0.6) is 0 Å². The van der Waals surface area contributed by atoms with E-state index < -0.39 is 10.0 Å². The molecule has 0 spiro atoms. The summed E-state index contributed by atoms with van der Waals surface area (Å²) in [6.07, 6.45) is 3.99. The largest absolute Gasteiger partial charge is 0.310 e. The maximum atomic E-state index is 12.8. The molecular weight excluding hydrogens is 316 g/mol. The van der Waals surface area contributed by atoms with Crippen molar-refractivity contribution >= 4 is 20.8 Å². The summed E-state index contributed by atoms with van der Waals surface area (Å²) in [5, 5.41) is 4.71. The molecule has 0 amide bonds. The second-order valence-electron chi connectivity index (χ2n) is 5.80. The first-order valence-corrected chi connectivity index (χ1v) is 8.90. The molecule has 1 aliphatic rings. The Bertz CT molecular complexity index is 804. The van der Waals surface area contributed by atoms with Crippen LogP contribution in [0.3, 0.4) is 0 Å². The Hall–Kier alpha value is -1.58. The fourth-order valence-electron chi connectivity index (χ4n) is 3.03. The summed E-state index contributed by atoms with van der Waals surface area (Å²) in [7, 11) is -3.62. The number of aryl methyl sites for hydroxylation is 1. The lowest BCUT2D eigenvalue weighted by Gasteiger charge is -2.15. The van der Waals surface area contributed by atoms with Gasteiger partial charge in [-0.25, -0.2) is 19.0 Å². The van der Waals surface area contributed by atoms with Crippen LogP contribution in [0.4, 0.5) is 0 Å². The number of nitrogens with two attached hydrogens (primary N) is 1. The third-order valence-electron chi connectivity index (χ3n) is 4.07. The Morgan fingerprint density at radius 3 is 3.04 bits per heavy atom. The quantitative estimate of drug-likeness (QED) is 0.684. The Balaban J connectivity index is 1.89. The summed E-state index contributed by atoms with van der Waals surface area (Å²) < 4.78 is 28.4. The highest BCUT2D eigenvalue weighted by Crippen LogP contribution is 2.25. The van der Waals surface area contributed by atoms with Crippen molar-refractivity contribution in [1.29, 1.82) is 0 Å². The average molecular weight is 336 g/mol. The van der Waals surface area contributed by atoms with Gasteiger partial charge < -0.3 is 10.2 Å². The van der Waals surface area contributed by atoms with Gasteiger partial charge in [-0.2, -0.15) is 0 Å². The molecule has 2 atom stereocenters. The highest BCUT2D eigenvalue weighted by molar-refractivity contribution is 7.89. The zero-order chi connectivity index (χ0) is 16.4. The second kappa shape index (κ2) is 6.50. The SMILES string of the molecule is Cc1cncc2cccc(S(=O)(=O)N[C@H]3CN[C@H](CON)C3)c12. The molecule has 23 heavy (non-hydrogen) atoms. The van der Waals surface area contributed by atoms with Crippen LogP contribution < -0.4 is 15.9 Å². The lowest BCUT2D eigenvalue weighted by molar-refractivity contribution is 0.118. The van der Waals surface area contributed by atoms with Gasteiger partial charge in [0.25, 0.3) is 0 Å². The minimum absolute atomic E-state index is 0.0613. The molecule has 0 unspecified atom stereocenters. The summed E-state index contributed by atoms with van der Waals surface area (Å²) in [4.78, 5) is 9.02. The molecule has 4 N–H and O–H groups in total. The highest BCUT2D eigenvalue weighted by Gasteiger charge is 2.29. The van der Waals surface area contributed by atoms with E-state index in [0.717, 1.165) is 10.9 Å². The van der Waals surface area contributed by atoms with Crippen LogP contribution in [0.15, 0.2) is 35.5 Å². The van der Waals surface area contributed by atoms with E-state index in [1.807, 2.05) is 13.0 Å². The number of rotatable bonds is 5. The van der Waals surface area contributed by atoms with Crippen LogP contribution in [0, 0.1) is 6.92 Å². The van der Waals surface area contributed by atoms with Crippen molar-refractivity contribution in [2.45, 2.75) is 30.3 Å². The minimum atomic E-state index is -3.62. The van der Waals surface area contributed by atoms with E-state index in [2.05, 4.69) is 19.9 Å². The van der Waals surface area contributed by atoms with Crippen molar-refractivity contribution in [3.63, 3.8) is 0 Å². The molecule has 8 heteroatoms. The second-order valence-corrected chi connectivity index (χ2v) is 7.49. The normalized spacial score (nSPS) is 21.8. The zero-order valence-electron chi connectivity index (χ0n) is 12.8. The number of sulfonamides is 1. The number of benzene rings is 1.